The highest BCUT2D eigenvalue weighted by molar-refractivity contribution is 6.31. The number of nitrogen functional groups attached to an aromatic ring is 2. The fourth-order valence-electron chi connectivity index (χ4n) is 3.42. The number of esters is 1. The van der Waals surface area contributed by atoms with Crippen molar-refractivity contribution >= 4 is 46.1 Å². The van der Waals surface area contributed by atoms with E-state index in [0.717, 1.165) is 29.7 Å². The van der Waals surface area contributed by atoms with E-state index in [2.05, 4.69) is 15.3 Å². The van der Waals surface area contributed by atoms with Gasteiger partial charge in [-0.2, -0.15) is 0 Å². The van der Waals surface area contributed by atoms with Crippen LogP contribution in [0.2, 0.25) is 5.15 Å². The third-order valence-corrected chi connectivity index (χ3v) is 5.41. The average Bonchev–Trinajstić information content (AvgIpc) is 3.17. The average molecular weight is 521 g/mol. The minimum atomic E-state index is -0.523. The van der Waals surface area contributed by atoms with Gasteiger partial charge in [0.1, 0.15) is 6.54 Å². The van der Waals surface area contributed by atoms with Crippen molar-refractivity contribution in [2.45, 2.75) is 67.5 Å². The van der Waals surface area contributed by atoms with Gasteiger partial charge >= 0.3 is 5.97 Å². The maximum atomic E-state index is 12.6. The summed E-state index contributed by atoms with van der Waals surface area (Å²) in [5, 5.41) is 2.71. The van der Waals surface area contributed by atoms with Gasteiger partial charge in [0, 0.05) is 6.07 Å². The summed E-state index contributed by atoms with van der Waals surface area (Å²) in [4.78, 5) is 32.8. The Balaban J connectivity index is 0.00000154. The van der Waals surface area contributed by atoms with Crippen molar-refractivity contribution in [3.8, 4) is 0 Å². The van der Waals surface area contributed by atoms with Crippen LogP contribution in [-0.4, -0.2) is 33.0 Å². The number of imidazole rings is 1. The number of hydrogen-bond acceptors (Lipinski definition) is 7. The summed E-state index contributed by atoms with van der Waals surface area (Å²) in [6.07, 6.45) is 1.78. The Kier molecular flexibility index (Phi) is 12.7. The molecule has 0 unspecified atom stereocenters. The molecule has 2 heterocycles. The molecule has 3 rings (SSSR count). The number of amides is 1. The summed E-state index contributed by atoms with van der Waals surface area (Å²) in [5.41, 5.74) is 13.5. The molecule has 0 aliphatic rings. The highest BCUT2D eigenvalue weighted by atomic mass is 35.5. The number of rotatable bonds is 8. The van der Waals surface area contributed by atoms with Gasteiger partial charge in [-0.3, -0.25) is 4.79 Å². The molecule has 11 heteroatoms. The van der Waals surface area contributed by atoms with E-state index >= 15 is 0 Å². The van der Waals surface area contributed by atoms with Crippen LogP contribution in [0, 0.1) is 0 Å². The highest BCUT2D eigenvalue weighted by Crippen LogP contribution is 2.19. The molecule has 0 bridgehead atoms. The van der Waals surface area contributed by atoms with Crippen molar-refractivity contribution < 1.29 is 18.9 Å². The summed E-state index contributed by atoms with van der Waals surface area (Å²) in [6, 6.07) is 5.42. The van der Waals surface area contributed by atoms with Crippen LogP contribution >= 0.6 is 11.6 Å². The van der Waals surface area contributed by atoms with E-state index < -0.39 is 5.91 Å². The topological polar surface area (TPSA) is 142 Å². The fraction of sp³-hybridized carbons (Fsp3) is 0.480. The van der Waals surface area contributed by atoms with Crippen molar-refractivity contribution in [1.29, 1.82) is 0 Å². The molecule has 2 aromatic heterocycles. The maximum absolute atomic E-state index is 12.6. The van der Waals surface area contributed by atoms with Crippen LogP contribution in [0.5, 0.6) is 0 Å². The Labute approximate surface area is 218 Å². The first-order chi connectivity index (χ1) is 17.3. The number of nitrogens with one attached hydrogen (secondary N) is 1. The molecular formula is C25H39ClN7O3+. The van der Waals surface area contributed by atoms with Gasteiger partial charge in [-0.15, -0.1) is 0 Å². The second-order valence-corrected chi connectivity index (χ2v) is 7.59. The number of anilines is 2. The van der Waals surface area contributed by atoms with E-state index in [1.165, 1.54) is 0 Å². The third kappa shape index (κ3) is 7.07. The van der Waals surface area contributed by atoms with E-state index in [1.807, 2.05) is 69.9 Å². The van der Waals surface area contributed by atoms with Crippen molar-refractivity contribution in [2.75, 3.05) is 18.1 Å². The smallest absolute Gasteiger partial charge is 0.338 e. The van der Waals surface area contributed by atoms with Gasteiger partial charge in [-0.1, -0.05) is 52.6 Å². The SMILES string of the molecule is CC.CC.CCCCOC(=O)c1ccc2c(c1)n(CC)c(CNC(=O)c1nc(Cl)c(N)nc1N)[n+]2C. The molecule has 0 saturated carbocycles. The van der Waals surface area contributed by atoms with E-state index in [4.69, 9.17) is 27.8 Å². The zero-order chi connectivity index (χ0) is 27.4. The number of carbonyl (C=O) groups excluding carboxylic acids is 2. The molecule has 0 radical (unpaired) electrons. The van der Waals surface area contributed by atoms with Crippen LogP contribution in [0.4, 0.5) is 11.6 Å². The van der Waals surface area contributed by atoms with Gasteiger partial charge in [0.15, 0.2) is 33.5 Å². The molecular weight excluding hydrogens is 482 g/mol. The Bertz CT molecular complexity index is 1180. The Hall–Kier alpha value is -3.40. The Morgan fingerprint density at radius 3 is 2.39 bits per heavy atom. The minimum absolute atomic E-state index is 0.0396. The number of halogens is 1. The molecule has 0 spiro atoms. The van der Waals surface area contributed by atoms with E-state index in [1.54, 1.807) is 6.07 Å². The molecule has 10 nitrogen and oxygen atoms in total. The van der Waals surface area contributed by atoms with Gasteiger partial charge in [-0.25, -0.2) is 23.9 Å². The number of fused-ring (bicyclic) bond motifs is 1. The summed E-state index contributed by atoms with van der Waals surface area (Å²) >= 11 is 5.87. The highest BCUT2D eigenvalue weighted by Gasteiger charge is 2.25. The van der Waals surface area contributed by atoms with Crippen LogP contribution in [0.15, 0.2) is 18.2 Å². The van der Waals surface area contributed by atoms with Gasteiger partial charge < -0.3 is 21.5 Å². The molecule has 3 aromatic rings. The fourth-order valence-corrected chi connectivity index (χ4v) is 3.55. The van der Waals surface area contributed by atoms with Gasteiger partial charge in [-0.05, 0) is 25.5 Å². The van der Waals surface area contributed by atoms with Crippen LogP contribution in [0.3, 0.4) is 0 Å². The molecule has 0 atom stereocenters. The Morgan fingerprint density at radius 2 is 1.78 bits per heavy atom. The quantitative estimate of drug-likeness (QED) is 0.231. The lowest BCUT2D eigenvalue weighted by atomic mass is 10.2. The second kappa shape index (κ2) is 14.9. The standard InChI is InChI=1S/C21H26ClN7O3.2C2H6/c1-4-6-9-32-21(31)12-7-8-13-14(10-12)29(5-2)15(28(13)3)11-25-20(30)16-18(23)27-19(24)17(22)26-16;2*1-2/h7-8,10H,4-6,9,11H2,1-3H3,(H4-,23,24,25,27,30);2*1-2H3/p+1. The normalized spacial score (nSPS) is 10.1. The summed E-state index contributed by atoms with van der Waals surface area (Å²) in [6.45, 7) is 13.2. The monoisotopic (exact) mass is 520 g/mol. The third-order valence-electron chi connectivity index (χ3n) is 5.14. The van der Waals surface area contributed by atoms with Gasteiger partial charge in [0.05, 0.1) is 25.8 Å². The number of hydrogen-bond donors (Lipinski definition) is 3. The van der Waals surface area contributed by atoms with E-state index in [0.29, 0.717) is 18.7 Å². The van der Waals surface area contributed by atoms with E-state index in [-0.39, 0.29) is 35.0 Å². The molecule has 1 aromatic carbocycles. The van der Waals surface area contributed by atoms with Crippen molar-refractivity contribution in [3.63, 3.8) is 0 Å². The summed E-state index contributed by atoms with van der Waals surface area (Å²) in [7, 11) is 1.89. The van der Waals surface area contributed by atoms with Gasteiger partial charge in [0.2, 0.25) is 0 Å². The summed E-state index contributed by atoms with van der Waals surface area (Å²) < 4.78 is 9.30. The molecule has 0 aliphatic carbocycles. The lowest BCUT2D eigenvalue weighted by molar-refractivity contribution is -0.654. The first kappa shape index (κ1) is 30.6. The Morgan fingerprint density at radius 1 is 1.11 bits per heavy atom. The largest absolute Gasteiger partial charge is 0.462 e. The van der Waals surface area contributed by atoms with Crippen LogP contribution in [0.1, 0.15) is 81.1 Å². The van der Waals surface area contributed by atoms with E-state index in [9.17, 15) is 9.59 Å². The first-order valence-corrected chi connectivity index (χ1v) is 12.7. The molecule has 36 heavy (non-hydrogen) atoms. The lowest BCUT2D eigenvalue weighted by Gasteiger charge is -2.07. The molecule has 198 valence electrons. The van der Waals surface area contributed by atoms with Gasteiger partial charge in [0.25, 0.3) is 11.7 Å². The second-order valence-electron chi connectivity index (χ2n) is 7.23. The number of unbranched alkanes of at least 4 members (excludes halogenated alkanes) is 1. The predicted molar refractivity (Wildman–Crippen MR) is 144 cm³/mol. The number of aryl methyl sites for hydroxylation is 2. The summed E-state index contributed by atoms with van der Waals surface area (Å²) in [5.74, 6) is -0.195. The number of aromatic nitrogens is 4. The van der Waals surface area contributed by atoms with Crippen molar-refractivity contribution in [3.05, 3.63) is 40.4 Å². The van der Waals surface area contributed by atoms with Crippen molar-refractivity contribution in [1.82, 2.24) is 19.9 Å². The number of nitrogens with zero attached hydrogens (tertiary/aromatic N) is 4. The minimum Gasteiger partial charge on any atom is -0.462 e. The molecule has 1 amide bonds. The van der Waals surface area contributed by atoms with Crippen molar-refractivity contribution in [2.24, 2.45) is 7.05 Å². The lowest BCUT2D eigenvalue weighted by Crippen LogP contribution is -2.38. The maximum Gasteiger partial charge on any atom is 0.338 e. The molecule has 0 aliphatic heterocycles. The number of benzene rings is 1. The van der Waals surface area contributed by atoms with Crippen LogP contribution in [0.25, 0.3) is 11.0 Å². The molecule has 0 saturated heterocycles. The first-order valence-electron chi connectivity index (χ1n) is 12.3. The number of ether oxygens (including phenoxy) is 1. The number of carbonyl (C=O) groups is 2. The van der Waals surface area contributed by atoms with Crippen LogP contribution < -0.4 is 21.4 Å². The number of nitrogens with two attached hydrogens (primary N) is 2. The molecule has 0 fully saturated rings. The zero-order valence-corrected chi connectivity index (χ0v) is 23.1. The molecule has 5 N–H and O–H groups in total. The zero-order valence-electron chi connectivity index (χ0n) is 22.3. The van der Waals surface area contributed by atoms with Crippen LogP contribution in [-0.2, 0) is 24.9 Å². The predicted octanol–water partition coefficient (Wildman–Crippen LogP) is 4.03.